The number of hydrogen-bond acceptors (Lipinski definition) is 9. The van der Waals surface area contributed by atoms with E-state index >= 15 is 0 Å². The number of sulfonamides is 1. The predicted molar refractivity (Wildman–Crippen MR) is 190 cm³/mol. The minimum atomic E-state index is -3.91. The van der Waals surface area contributed by atoms with Gasteiger partial charge in [0.2, 0.25) is 27.7 Å². The fourth-order valence-corrected chi connectivity index (χ4v) is 8.66. The number of alkyl carbamates (subject to hydrolysis) is 1. The summed E-state index contributed by atoms with van der Waals surface area (Å²) in [6, 6.07) is 3.68. The molecule has 2 aliphatic carbocycles. The van der Waals surface area contributed by atoms with Gasteiger partial charge in [0.15, 0.2) is 0 Å². The fraction of sp³-hybridized carbons (Fsp3) is 0.595. The second kappa shape index (κ2) is 14.3. The maximum absolute atomic E-state index is 14.6. The Kier molecular flexibility index (Phi) is 10.3. The van der Waals surface area contributed by atoms with E-state index in [1.807, 2.05) is 19.1 Å². The van der Waals surface area contributed by atoms with Gasteiger partial charge in [0, 0.05) is 23.9 Å². The number of hydrogen-bond donors (Lipinski definition) is 3. The highest BCUT2D eigenvalue weighted by Gasteiger charge is 2.62. The largest absolute Gasteiger partial charge is 0.472 e. The van der Waals surface area contributed by atoms with E-state index in [-0.39, 0.29) is 37.1 Å². The van der Waals surface area contributed by atoms with E-state index < -0.39 is 80.2 Å². The van der Waals surface area contributed by atoms with E-state index in [0.717, 1.165) is 6.42 Å². The number of allylic oxidation sites excluding steroid dienone is 1. The SMILES string of the molecule is C[C@@H]1CC/C=C\C2C[C@@]2(C(=O)NS(=O)(=O)C2CC2)NC(=O)[C@@H]2C[C@@H](Oc3nccc4ccc(F)cc34)CN2C(=O)[C@@H](NC(=O)OC(C)(C)C)[C@H](C)C1. The van der Waals surface area contributed by atoms with Gasteiger partial charge < -0.3 is 25.0 Å². The van der Waals surface area contributed by atoms with Gasteiger partial charge in [0.05, 0.1) is 11.8 Å². The van der Waals surface area contributed by atoms with Crippen molar-refractivity contribution in [2.24, 2.45) is 17.8 Å². The molecule has 2 aliphatic heterocycles. The second-order valence-electron chi connectivity index (χ2n) is 15.9. The lowest BCUT2D eigenvalue weighted by atomic mass is 9.88. The van der Waals surface area contributed by atoms with Crippen molar-refractivity contribution in [3.8, 4) is 5.88 Å². The zero-order chi connectivity index (χ0) is 37.6. The number of ether oxygens (including phenoxy) is 2. The summed E-state index contributed by atoms with van der Waals surface area (Å²) >= 11 is 0. The maximum Gasteiger partial charge on any atom is 0.408 e. The zero-order valence-electron chi connectivity index (χ0n) is 30.2. The van der Waals surface area contributed by atoms with Crippen molar-refractivity contribution in [3.63, 3.8) is 0 Å². The van der Waals surface area contributed by atoms with E-state index in [9.17, 15) is 32.0 Å². The first-order valence-corrected chi connectivity index (χ1v) is 19.6. The van der Waals surface area contributed by atoms with E-state index in [0.29, 0.717) is 36.5 Å². The predicted octanol–water partition coefficient (Wildman–Crippen LogP) is 4.11. The van der Waals surface area contributed by atoms with E-state index in [4.69, 9.17) is 9.47 Å². The number of aromatic nitrogens is 1. The van der Waals surface area contributed by atoms with Gasteiger partial charge in [-0.2, -0.15) is 0 Å². The Morgan fingerprint density at radius 3 is 2.56 bits per heavy atom. The fourth-order valence-electron chi connectivity index (χ4n) is 7.30. The van der Waals surface area contributed by atoms with Crippen LogP contribution in [0.15, 0.2) is 42.6 Å². The van der Waals surface area contributed by atoms with Crippen LogP contribution >= 0.6 is 0 Å². The molecule has 13 nitrogen and oxygen atoms in total. The van der Waals surface area contributed by atoms with Crippen molar-refractivity contribution in [2.75, 3.05) is 6.54 Å². The lowest BCUT2D eigenvalue weighted by Gasteiger charge is -2.33. The van der Waals surface area contributed by atoms with Crippen LogP contribution in [0.25, 0.3) is 10.8 Å². The van der Waals surface area contributed by atoms with E-state index in [1.54, 1.807) is 32.9 Å². The van der Waals surface area contributed by atoms with Crippen molar-refractivity contribution >= 4 is 44.6 Å². The summed E-state index contributed by atoms with van der Waals surface area (Å²) in [6.45, 7) is 8.99. The molecule has 7 atom stereocenters. The van der Waals surface area contributed by atoms with E-state index in [2.05, 4.69) is 27.3 Å². The number of rotatable bonds is 6. The third-order valence-corrected chi connectivity index (χ3v) is 12.1. The van der Waals surface area contributed by atoms with Gasteiger partial charge in [-0.1, -0.05) is 32.1 Å². The summed E-state index contributed by atoms with van der Waals surface area (Å²) in [5, 5.41) is 6.06. The van der Waals surface area contributed by atoms with Gasteiger partial charge >= 0.3 is 6.09 Å². The third kappa shape index (κ3) is 8.34. The molecular formula is C37H48FN5O8S. The molecule has 4 amide bonds. The second-order valence-corrected chi connectivity index (χ2v) is 17.8. The van der Waals surface area contributed by atoms with Crippen LogP contribution < -0.4 is 20.1 Å². The number of pyridine rings is 1. The number of fused-ring (bicyclic) bond motifs is 3. The van der Waals surface area contributed by atoms with Crippen molar-refractivity contribution < 1.29 is 41.5 Å². The third-order valence-electron chi connectivity index (χ3n) is 10.3. The Balaban J connectivity index is 1.34. The van der Waals surface area contributed by atoms with Gasteiger partial charge in [-0.3, -0.25) is 19.1 Å². The quantitative estimate of drug-likeness (QED) is 0.369. The number of amides is 4. The van der Waals surface area contributed by atoms with Crippen LogP contribution in [0.2, 0.25) is 0 Å². The van der Waals surface area contributed by atoms with Crippen LogP contribution in [0.4, 0.5) is 9.18 Å². The lowest BCUT2D eigenvalue weighted by molar-refractivity contribution is -0.142. The maximum atomic E-state index is 14.6. The first-order chi connectivity index (χ1) is 24.5. The van der Waals surface area contributed by atoms with Crippen molar-refractivity contribution in [1.82, 2.24) is 25.2 Å². The van der Waals surface area contributed by atoms with Gasteiger partial charge in [0.1, 0.15) is 35.1 Å². The summed E-state index contributed by atoms with van der Waals surface area (Å²) in [4.78, 5) is 61.5. The summed E-state index contributed by atoms with van der Waals surface area (Å²) in [5.74, 6) is -3.08. The minimum absolute atomic E-state index is 0.0204. The van der Waals surface area contributed by atoms with Crippen molar-refractivity contribution in [1.29, 1.82) is 0 Å². The molecule has 6 rings (SSSR count). The van der Waals surface area contributed by atoms with E-state index in [1.165, 1.54) is 23.2 Å². The first-order valence-electron chi connectivity index (χ1n) is 18.0. The molecule has 282 valence electrons. The van der Waals surface area contributed by atoms with Crippen molar-refractivity contribution in [2.45, 2.75) is 114 Å². The number of carbonyl (C=O) groups excluding carboxylic acids is 4. The van der Waals surface area contributed by atoms with Crippen LogP contribution in [-0.2, 0) is 29.1 Å². The number of nitrogens with zero attached hydrogens (tertiary/aromatic N) is 2. The molecule has 3 heterocycles. The highest BCUT2D eigenvalue weighted by Crippen LogP contribution is 2.46. The molecule has 52 heavy (non-hydrogen) atoms. The Labute approximate surface area is 303 Å². The molecule has 3 fully saturated rings. The Hall–Kier alpha value is -4.27. The molecular weight excluding hydrogens is 693 g/mol. The zero-order valence-corrected chi connectivity index (χ0v) is 31.0. The van der Waals surface area contributed by atoms with Crippen LogP contribution in [-0.4, -0.2) is 83.2 Å². The molecule has 0 spiro atoms. The Morgan fingerprint density at radius 2 is 1.85 bits per heavy atom. The highest BCUT2D eigenvalue weighted by molar-refractivity contribution is 7.91. The first kappa shape index (κ1) is 37.5. The summed E-state index contributed by atoms with van der Waals surface area (Å²) < 4.78 is 53.9. The molecule has 2 aromatic rings. The number of carbonyl (C=O) groups is 4. The molecule has 1 aromatic heterocycles. The Morgan fingerprint density at radius 1 is 1.10 bits per heavy atom. The van der Waals surface area contributed by atoms with Crippen LogP contribution in [0, 0.1) is 23.6 Å². The van der Waals surface area contributed by atoms with Crippen LogP contribution in [0.5, 0.6) is 5.88 Å². The standard InChI is InChI=1S/C37H48FN5O8S/c1-21-8-6-7-9-24-19-37(24,34(46)42-52(48,49)27-12-13-27)41-31(44)29-18-26(50-32-28-17-25(38)11-10-23(28)14-15-39-32)20-43(29)33(45)30(22(2)16-21)40-35(47)51-36(3,4)5/h7,9-11,14-15,17,21-22,24,26-27,29-30H,6,8,12-13,16,18-20H2,1-5H3,(H,40,47)(H,41,44)(H,42,46)/b9-7-/t21-,22-,24?,26-,29+,30+,37-/m1/s1. The van der Waals surface area contributed by atoms with Gasteiger partial charge in [0.25, 0.3) is 5.91 Å². The average molecular weight is 742 g/mol. The lowest BCUT2D eigenvalue weighted by Crippen LogP contribution is -2.59. The smallest absolute Gasteiger partial charge is 0.408 e. The topological polar surface area (TPSA) is 173 Å². The molecule has 1 aromatic carbocycles. The Bertz CT molecular complexity index is 1880. The van der Waals surface area contributed by atoms with Crippen molar-refractivity contribution in [3.05, 3.63) is 48.4 Å². The summed E-state index contributed by atoms with van der Waals surface area (Å²) in [5.41, 5.74) is -2.37. The highest BCUT2D eigenvalue weighted by atomic mass is 32.2. The summed E-state index contributed by atoms with van der Waals surface area (Å²) in [7, 11) is -3.91. The molecule has 1 unspecified atom stereocenters. The van der Waals surface area contributed by atoms with Gasteiger partial charge in [-0.15, -0.1) is 0 Å². The molecule has 15 heteroatoms. The molecule has 1 saturated heterocycles. The molecule has 3 N–H and O–H groups in total. The number of nitrogens with one attached hydrogen (secondary N) is 3. The molecule has 0 bridgehead atoms. The number of halogens is 1. The molecule has 4 aliphatic rings. The van der Waals surface area contributed by atoms with Gasteiger partial charge in [-0.05, 0) is 94.7 Å². The monoisotopic (exact) mass is 741 g/mol. The van der Waals surface area contributed by atoms with Crippen LogP contribution in [0.3, 0.4) is 0 Å². The summed E-state index contributed by atoms with van der Waals surface area (Å²) in [6.07, 6.45) is 6.80. The number of benzene rings is 1. The molecule has 2 saturated carbocycles. The average Bonchev–Trinajstić information content (AvgIpc) is 3.98. The van der Waals surface area contributed by atoms with Gasteiger partial charge in [-0.25, -0.2) is 22.6 Å². The minimum Gasteiger partial charge on any atom is -0.472 e. The normalized spacial score (nSPS) is 30.5. The molecule has 0 radical (unpaired) electrons. The van der Waals surface area contributed by atoms with Crippen LogP contribution in [0.1, 0.15) is 79.6 Å².